The summed E-state index contributed by atoms with van der Waals surface area (Å²) in [4.78, 5) is 38.2. The molecule has 0 aliphatic rings. The van der Waals surface area contributed by atoms with E-state index in [1.807, 2.05) is 0 Å². The van der Waals surface area contributed by atoms with E-state index in [4.69, 9.17) is 16.6 Å². The van der Waals surface area contributed by atoms with Gasteiger partial charge < -0.3 is 14.4 Å². The number of hydrogen-bond donors (Lipinski definition) is 3. The van der Waals surface area contributed by atoms with E-state index in [9.17, 15) is 19.7 Å². The maximum Gasteiger partial charge on any atom is 0.314 e. The molecule has 3 rings (SSSR count). The van der Waals surface area contributed by atoms with Gasteiger partial charge in [0, 0.05) is 11.6 Å². The van der Waals surface area contributed by atoms with Crippen molar-refractivity contribution in [3.05, 3.63) is 47.3 Å². The molecular formula is C11H7N5O5S. The van der Waals surface area contributed by atoms with Crippen molar-refractivity contribution in [3.8, 4) is 11.5 Å². The van der Waals surface area contributed by atoms with Crippen molar-refractivity contribution in [1.82, 2.24) is 20.2 Å². The molecule has 0 aliphatic carbocycles. The van der Waals surface area contributed by atoms with Gasteiger partial charge in [0.15, 0.2) is 0 Å². The number of nitro benzene ring substituents is 1. The molecule has 3 aromatic rings. The monoisotopic (exact) mass is 321 g/mol. The third kappa shape index (κ3) is 2.03. The molecular weight excluding hydrogens is 314 g/mol. The number of nitrogens with one attached hydrogen (secondary N) is 3. The largest absolute Gasteiger partial charge is 0.409 e. The zero-order chi connectivity index (χ0) is 16.0. The average Bonchev–Trinajstić information content (AvgIpc) is 2.86. The molecule has 0 amide bonds. The smallest absolute Gasteiger partial charge is 0.314 e. The van der Waals surface area contributed by atoms with E-state index in [0.717, 1.165) is 6.07 Å². The first-order valence-electron chi connectivity index (χ1n) is 5.88. The van der Waals surface area contributed by atoms with Crippen LogP contribution in [0.1, 0.15) is 5.56 Å². The molecule has 3 N–H and O–H groups in total. The number of aromatic amines is 3. The van der Waals surface area contributed by atoms with Crippen molar-refractivity contribution in [2.75, 3.05) is 0 Å². The molecule has 0 radical (unpaired) electrons. The first-order chi connectivity index (χ1) is 10.4. The molecule has 11 heteroatoms. The Kier molecular flexibility index (Phi) is 2.99. The molecule has 10 nitrogen and oxygen atoms in total. The highest BCUT2D eigenvalue weighted by molar-refractivity contribution is 7.71. The fraction of sp³-hybridized carbons (Fsp3) is 0.0909. The number of fused-ring (bicyclic) bond motifs is 1. The van der Waals surface area contributed by atoms with Crippen LogP contribution in [-0.2, 0) is 0 Å². The van der Waals surface area contributed by atoms with Gasteiger partial charge in [-0.3, -0.25) is 19.7 Å². The number of rotatable bonds is 2. The molecule has 2 aromatic heterocycles. The van der Waals surface area contributed by atoms with Crippen LogP contribution >= 0.6 is 12.2 Å². The zero-order valence-corrected chi connectivity index (χ0v) is 11.7. The molecule has 112 valence electrons. The lowest BCUT2D eigenvalue weighted by atomic mass is 10.0. The van der Waals surface area contributed by atoms with Gasteiger partial charge in [0.25, 0.3) is 10.5 Å². The SMILES string of the molecule is Cc1c([N+](=O)[O-])cc2[nH]c(=O)c(=O)[nH]c2c1-c1n[nH]c(=S)o1. The highest BCUT2D eigenvalue weighted by atomic mass is 32.1. The number of benzene rings is 1. The third-order valence-corrected chi connectivity index (χ3v) is 3.28. The number of nitro groups is 1. The Labute approximate surface area is 125 Å². The molecule has 0 atom stereocenters. The van der Waals surface area contributed by atoms with Crippen LogP contribution in [0.5, 0.6) is 0 Å². The molecule has 0 bridgehead atoms. The molecule has 0 fully saturated rings. The Morgan fingerprint density at radius 2 is 2.00 bits per heavy atom. The van der Waals surface area contributed by atoms with Crippen LogP contribution in [0, 0.1) is 21.9 Å². The maximum atomic E-state index is 11.5. The summed E-state index contributed by atoms with van der Waals surface area (Å²) < 4.78 is 5.17. The Morgan fingerprint density at radius 3 is 2.59 bits per heavy atom. The van der Waals surface area contributed by atoms with Crippen LogP contribution in [0.15, 0.2) is 20.1 Å². The van der Waals surface area contributed by atoms with E-state index in [2.05, 4.69) is 20.2 Å². The normalized spacial score (nSPS) is 11.0. The van der Waals surface area contributed by atoms with Crippen LogP contribution < -0.4 is 11.1 Å². The Hall–Kier alpha value is -3.08. The molecule has 1 aromatic carbocycles. The standard InChI is InChI=1S/C11H7N5O5S/c1-3-5(16(19)20)2-4-7(13-9(18)8(17)12-4)6(3)10-14-15-11(22)21-10/h2H,1H3,(H,12,17)(H,13,18)(H,15,22). The summed E-state index contributed by atoms with van der Waals surface area (Å²) >= 11 is 4.78. The van der Waals surface area contributed by atoms with Crippen LogP contribution in [0.2, 0.25) is 0 Å². The van der Waals surface area contributed by atoms with Gasteiger partial charge in [0.1, 0.15) is 0 Å². The number of H-pyrrole nitrogens is 3. The number of hydrogen-bond acceptors (Lipinski definition) is 7. The van der Waals surface area contributed by atoms with Gasteiger partial charge in [0.05, 0.1) is 21.5 Å². The first-order valence-corrected chi connectivity index (χ1v) is 6.29. The Balaban J connectivity index is 2.56. The zero-order valence-electron chi connectivity index (χ0n) is 10.9. The van der Waals surface area contributed by atoms with E-state index in [1.54, 1.807) is 0 Å². The van der Waals surface area contributed by atoms with E-state index < -0.39 is 16.0 Å². The van der Waals surface area contributed by atoms with Crippen LogP contribution in [0.3, 0.4) is 0 Å². The van der Waals surface area contributed by atoms with E-state index in [-0.39, 0.29) is 38.6 Å². The lowest BCUT2D eigenvalue weighted by molar-refractivity contribution is -0.385. The second kappa shape index (κ2) is 4.73. The fourth-order valence-corrected chi connectivity index (χ4v) is 2.26. The fourth-order valence-electron chi connectivity index (χ4n) is 2.14. The predicted octanol–water partition coefficient (Wildman–Crippen LogP) is 1.15. The molecule has 0 saturated heterocycles. The highest BCUT2D eigenvalue weighted by Crippen LogP contribution is 2.34. The second-order valence-corrected chi connectivity index (χ2v) is 4.77. The minimum Gasteiger partial charge on any atom is -0.409 e. The molecule has 0 spiro atoms. The minimum atomic E-state index is -0.917. The highest BCUT2D eigenvalue weighted by Gasteiger charge is 2.23. The third-order valence-electron chi connectivity index (χ3n) is 3.10. The summed E-state index contributed by atoms with van der Waals surface area (Å²) in [5, 5.41) is 17.4. The van der Waals surface area contributed by atoms with E-state index in [0.29, 0.717) is 0 Å². The summed E-state index contributed by atoms with van der Waals surface area (Å²) in [6, 6.07) is 1.16. The van der Waals surface area contributed by atoms with Crippen LogP contribution in [0.25, 0.3) is 22.5 Å². The van der Waals surface area contributed by atoms with E-state index in [1.165, 1.54) is 6.92 Å². The van der Waals surface area contributed by atoms with Gasteiger partial charge in [0.2, 0.25) is 5.89 Å². The second-order valence-electron chi connectivity index (χ2n) is 4.40. The minimum absolute atomic E-state index is 0.0270. The van der Waals surface area contributed by atoms with Gasteiger partial charge in [-0.05, 0) is 19.1 Å². The predicted molar refractivity (Wildman–Crippen MR) is 77.3 cm³/mol. The van der Waals surface area contributed by atoms with Crippen LogP contribution in [-0.4, -0.2) is 25.1 Å². The van der Waals surface area contributed by atoms with Crippen molar-refractivity contribution in [1.29, 1.82) is 0 Å². The number of nitrogens with zero attached hydrogens (tertiary/aromatic N) is 2. The van der Waals surface area contributed by atoms with Crippen molar-refractivity contribution in [2.45, 2.75) is 6.92 Å². The molecule has 0 aliphatic heterocycles. The average molecular weight is 321 g/mol. The van der Waals surface area contributed by atoms with Gasteiger partial charge in [-0.2, -0.15) is 0 Å². The summed E-state index contributed by atoms with van der Waals surface area (Å²) in [7, 11) is 0. The quantitative estimate of drug-likeness (QED) is 0.277. The summed E-state index contributed by atoms with van der Waals surface area (Å²) in [6.45, 7) is 1.48. The molecule has 0 saturated carbocycles. The maximum absolute atomic E-state index is 11.5. The lowest BCUT2D eigenvalue weighted by Gasteiger charge is -2.07. The van der Waals surface area contributed by atoms with Gasteiger partial charge in [-0.25, -0.2) is 5.10 Å². The topological polar surface area (TPSA) is 151 Å². The van der Waals surface area contributed by atoms with Gasteiger partial charge >= 0.3 is 11.1 Å². The molecule has 22 heavy (non-hydrogen) atoms. The molecule has 2 heterocycles. The Bertz CT molecular complexity index is 1090. The van der Waals surface area contributed by atoms with Crippen LogP contribution in [0.4, 0.5) is 5.69 Å². The summed E-state index contributed by atoms with van der Waals surface area (Å²) in [5.41, 5.74) is -1.43. The lowest BCUT2D eigenvalue weighted by Crippen LogP contribution is -2.29. The number of aromatic nitrogens is 4. The summed E-state index contributed by atoms with van der Waals surface area (Å²) in [6.07, 6.45) is 0. The van der Waals surface area contributed by atoms with Crippen molar-refractivity contribution in [2.24, 2.45) is 0 Å². The first kappa shape index (κ1) is 13.9. The van der Waals surface area contributed by atoms with Crippen molar-refractivity contribution < 1.29 is 9.34 Å². The van der Waals surface area contributed by atoms with Crippen molar-refractivity contribution in [3.63, 3.8) is 0 Å². The summed E-state index contributed by atoms with van der Waals surface area (Å²) in [5.74, 6) is -0.0288. The van der Waals surface area contributed by atoms with Gasteiger partial charge in [-0.1, -0.05) is 0 Å². The Morgan fingerprint density at radius 1 is 1.32 bits per heavy atom. The van der Waals surface area contributed by atoms with Crippen molar-refractivity contribution >= 4 is 28.9 Å². The molecule has 0 unspecified atom stereocenters. The van der Waals surface area contributed by atoms with E-state index >= 15 is 0 Å². The van der Waals surface area contributed by atoms with Gasteiger partial charge in [-0.15, -0.1) is 5.10 Å².